The Balaban J connectivity index is 4.22. The van der Waals surface area contributed by atoms with E-state index in [4.69, 9.17) is 0 Å². The number of hydrogen-bond donors (Lipinski definition) is 1. The van der Waals surface area contributed by atoms with Crippen molar-refractivity contribution in [1.82, 2.24) is 9.62 Å². The fourth-order valence-corrected chi connectivity index (χ4v) is 2.80. The zero-order valence-electron chi connectivity index (χ0n) is 10.9. The fourth-order valence-electron chi connectivity index (χ4n) is 1.36. The van der Waals surface area contributed by atoms with Gasteiger partial charge in [0.05, 0.1) is 5.75 Å². The van der Waals surface area contributed by atoms with Crippen molar-refractivity contribution in [2.24, 2.45) is 0 Å². The second-order valence-electron chi connectivity index (χ2n) is 4.17. The first-order valence-electron chi connectivity index (χ1n) is 5.87. The molecule has 0 bridgehead atoms. The molecule has 0 aliphatic carbocycles. The lowest BCUT2D eigenvalue weighted by Crippen LogP contribution is -2.34. The average molecular weight is 260 g/mol. The molecule has 0 radical (unpaired) electrons. The van der Waals surface area contributed by atoms with Gasteiger partial charge in [-0.15, -0.1) is 13.2 Å². The minimum Gasteiger partial charge on any atom is -0.314 e. The van der Waals surface area contributed by atoms with Crippen molar-refractivity contribution >= 4 is 10.0 Å². The number of nitrogens with one attached hydrogen (secondary N) is 1. The lowest BCUT2D eigenvalue weighted by Gasteiger charge is -2.19. The molecule has 0 fully saturated rings. The molecule has 0 aromatic heterocycles. The highest BCUT2D eigenvalue weighted by Crippen LogP contribution is 2.03. The summed E-state index contributed by atoms with van der Waals surface area (Å²) in [7, 11) is -3.19. The van der Waals surface area contributed by atoms with Gasteiger partial charge >= 0.3 is 0 Å². The maximum atomic E-state index is 12.0. The van der Waals surface area contributed by atoms with Crippen LogP contribution >= 0.6 is 0 Å². The van der Waals surface area contributed by atoms with E-state index in [2.05, 4.69) is 18.5 Å². The SMILES string of the molecule is C=CCN(CC=C)S(=O)(=O)CCCNC(C)C. The maximum absolute atomic E-state index is 12.0. The van der Waals surface area contributed by atoms with Gasteiger partial charge in [-0.25, -0.2) is 8.42 Å². The highest BCUT2D eigenvalue weighted by atomic mass is 32.2. The highest BCUT2D eigenvalue weighted by molar-refractivity contribution is 7.89. The Morgan fingerprint density at radius 3 is 2.18 bits per heavy atom. The summed E-state index contributed by atoms with van der Waals surface area (Å²) in [6.07, 6.45) is 3.80. The van der Waals surface area contributed by atoms with Crippen molar-refractivity contribution in [3.05, 3.63) is 25.3 Å². The van der Waals surface area contributed by atoms with Crippen LogP contribution in [0.1, 0.15) is 20.3 Å². The van der Waals surface area contributed by atoms with Crippen molar-refractivity contribution in [2.45, 2.75) is 26.3 Å². The lowest BCUT2D eigenvalue weighted by atomic mass is 10.4. The molecule has 0 atom stereocenters. The van der Waals surface area contributed by atoms with Crippen molar-refractivity contribution in [2.75, 3.05) is 25.4 Å². The fraction of sp³-hybridized carbons (Fsp3) is 0.667. The van der Waals surface area contributed by atoms with Crippen LogP contribution in [0.4, 0.5) is 0 Å². The van der Waals surface area contributed by atoms with Gasteiger partial charge in [0.25, 0.3) is 0 Å². The Morgan fingerprint density at radius 2 is 1.76 bits per heavy atom. The summed E-state index contributed by atoms with van der Waals surface area (Å²) in [5.74, 6) is 0.161. The molecule has 0 unspecified atom stereocenters. The van der Waals surface area contributed by atoms with Crippen molar-refractivity contribution in [1.29, 1.82) is 0 Å². The van der Waals surface area contributed by atoms with Crippen LogP contribution in [0.3, 0.4) is 0 Å². The molecule has 0 aliphatic heterocycles. The second-order valence-corrected chi connectivity index (χ2v) is 6.26. The van der Waals surface area contributed by atoms with Crippen LogP contribution in [-0.2, 0) is 10.0 Å². The smallest absolute Gasteiger partial charge is 0.214 e. The van der Waals surface area contributed by atoms with Gasteiger partial charge in [0.15, 0.2) is 0 Å². The van der Waals surface area contributed by atoms with Crippen LogP contribution in [-0.4, -0.2) is 44.2 Å². The number of rotatable bonds is 10. The van der Waals surface area contributed by atoms with E-state index >= 15 is 0 Å². The Hall–Kier alpha value is -0.650. The van der Waals surface area contributed by atoms with Crippen LogP contribution in [0, 0.1) is 0 Å². The van der Waals surface area contributed by atoms with Gasteiger partial charge in [0, 0.05) is 19.1 Å². The van der Waals surface area contributed by atoms with Gasteiger partial charge in [0.1, 0.15) is 0 Å². The van der Waals surface area contributed by atoms with Crippen molar-refractivity contribution in [3.63, 3.8) is 0 Å². The number of nitrogens with zero attached hydrogens (tertiary/aromatic N) is 1. The molecule has 17 heavy (non-hydrogen) atoms. The third-order valence-electron chi connectivity index (χ3n) is 2.19. The monoisotopic (exact) mass is 260 g/mol. The lowest BCUT2D eigenvalue weighted by molar-refractivity contribution is 0.470. The van der Waals surface area contributed by atoms with Crippen LogP contribution in [0.25, 0.3) is 0 Å². The highest BCUT2D eigenvalue weighted by Gasteiger charge is 2.18. The van der Waals surface area contributed by atoms with Crippen LogP contribution in [0.5, 0.6) is 0 Å². The first-order chi connectivity index (χ1) is 7.94. The van der Waals surface area contributed by atoms with Gasteiger partial charge in [-0.1, -0.05) is 26.0 Å². The predicted molar refractivity (Wildman–Crippen MR) is 73.5 cm³/mol. The van der Waals surface area contributed by atoms with E-state index in [1.54, 1.807) is 12.2 Å². The van der Waals surface area contributed by atoms with Gasteiger partial charge in [-0.05, 0) is 13.0 Å². The summed E-state index contributed by atoms with van der Waals surface area (Å²) < 4.78 is 25.3. The summed E-state index contributed by atoms with van der Waals surface area (Å²) in [4.78, 5) is 0. The summed E-state index contributed by atoms with van der Waals surface area (Å²) >= 11 is 0. The van der Waals surface area contributed by atoms with Crippen LogP contribution in [0.15, 0.2) is 25.3 Å². The molecule has 0 amide bonds. The summed E-state index contributed by atoms with van der Waals surface area (Å²) in [6, 6.07) is 0.384. The number of hydrogen-bond acceptors (Lipinski definition) is 3. The van der Waals surface area contributed by atoms with E-state index in [0.29, 0.717) is 32.1 Å². The van der Waals surface area contributed by atoms with Gasteiger partial charge in [-0.2, -0.15) is 4.31 Å². The van der Waals surface area contributed by atoms with E-state index in [1.807, 2.05) is 13.8 Å². The van der Waals surface area contributed by atoms with E-state index in [0.717, 1.165) is 0 Å². The molecule has 0 saturated carbocycles. The van der Waals surface area contributed by atoms with E-state index < -0.39 is 10.0 Å². The second kappa shape index (κ2) is 8.44. The zero-order chi connectivity index (χ0) is 13.3. The van der Waals surface area contributed by atoms with Crippen molar-refractivity contribution < 1.29 is 8.42 Å². The first kappa shape index (κ1) is 16.4. The van der Waals surface area contributed by atoms with Crippen LogP contribution in [0.2, 0.25) is 0 Å². The zero-order valence-corrected chi connectivity index (χ0v) is 11.7. The average Bonchev–Trinajstić information content (AvgIpc) is 2.24. The molecule has 0 heterocycles. The molecular formula is C12H24N2O2S. The minimum atomic E-state index is -3.19. The maximum Gasteiger partial charge on any atom is 0.214 e. The Bertz CT molecular complexity index is 313. The van der Waals surface area contributed by atoms with Gasteiger partial charge in [-0.3, -0.25) is 0 Å². The number of sulfonamides is 1. The third-order valence-corrected chi connectivity index (χ3v) is 4.08. The molecule has 0 aromatic rings. The molecule has 0 saturated heterocycles. The summed E-state index contributed by atoms with van der Waals surface area (Å²) in [5.41, 5.74) is 0. The van der Waals surface area contributed by atoms with Gasteiger partial charge < -0.3 is 5.32 Å². The standard InChI is InChI=1S/C12H24N2O2S/c1-5-9-14(10-6-2)17(15,16)11-7-8-13-12(3)4/h5-6,12-13H,1-2,7-11H2,3-4H3. The normalized spacial score (nSPS) is 12.0. The first-order valence-corrected chi connectivity index (χ1v) is 7.48. The molecule has 5 heteroatoms. The Kier molecular flexibility index (Phi) is 8.12. The van der Waals surface area contributed by atoms with E-state index in [1.165, 1.54) is 4.31 Å². The molecule has 0 spiro atoms. The molecule has 100 valence electrons. The van der Waals surface area contributed by atoms with E-state index in [9.17, 15) is 8.42 Å². The quantitative estimate of drug-likeness (QED) is 0.477. The summed E-state index contributed by atoms with van der Waals surface area (Å²) in [5, 5.41) is 3.20. The van der Waals surface area contributed by atoms with Crippen LogP contribution < -0.4 is 5.32 Å². The van der Waals surface area contributed by atoms with E-state index in [-0.39, 0.29) is 5.75 Å². The molecule has 0 aliphatic rings. The predicted octanol–water partition coefficient (Wildman–Crippen LogP) is 1.38. The van der Waals surface area contributed by atoms with Gasteiger partial charge in [0.2, 0.25) is 10.0 Å². The molecule has 4 nitrogen and oxygen atoms in total. The topological polar surface area (TPSA) is 49.4 Å². The minimum absolute atomic E-state index is 0.161. The molecule has 1 N–H and O–H groups in total. The Morgan fingerprint density at radius 1 is 1.24 bits per heavy atom. The largest absolute Gasteiger partial charge is 0.314 e. The Labute approximate surface area is 105 Å². The van der Waals surface area contributed by atoms with Crippen molar-refractivity contribution in [3.8, 4) is 0 Å². The molecule has 0 aromatic carbocycles. The molecule has 0 rings (SSSR count). The molecular weight excluding hydrogens is 236 g/mol. The third kappa shape index (κ3) is 7.31. The summed E-state index contributed by atoms with van der Waals surface area (Å²) in [6.45, 7) is 12.6.